The zero-order chi connectivity index (χ0) is 17.9. The molecule has 0 saturated heterocycles. The van der Waals surface area contributed by atoms with Crippen LogP contribution in [0.25, 0.3) is 0 Å². The first-order valence-corrected chi connectivity index (χ1v) is 8.11. The molecule has 1 amide bonds. The molecule has 0 bridgehead atoms. The van der Waals surface area contributed by atoms with Crippen molar-refractivity contribution in [3.05, 3.63) is 65.2 Å². The molecule has 6 heteroatoms. The molecule has 0 fully saturated rings. The molecule has 2 aromatic carbocycles. The molecule has 1 atom stereocenters. The average Bonchev–Trinajstić information content (AvgIpc) is 2.60. The first kappa shape index (κ1) is 17.3. The Morgan fingerprint density at radius 2 is 1.84 bits per heavy atom. The van der Waals surface area contributed by atoms with Crippen LogP contribution in [0, 0.1) is 0 Å². The van der Waals surface area contributed by atoms with Gasteiger partial charge in [-0.25, -0.2) is 0 Å². The van der Waals surface area contributed by atoms with Crippen molar-refractivity contribution in [2.75, 3.05) is 6.61 Å². The predicted octanol–water partition coefficient (Wildman–Crippen LogP) is 4.28. The molecule has 1 unspecified atom stereocenters. The van der Waals surface area contributed by atoms with E-state index in [1.165, 1.54) is 23.8 Å². The first-order chi connectivity index (χ1) is 11.9. The van der Waals surface area contributed by atoms with E-state index in [-0.39, 0.29) is 11.8 Å². The fourth-order valence-corrected chi connectivity index (χ4v) is 3.11. The molecule has 0 aliphatic heterocycles. The summed E-state index contributed by atoms with van der Waals surface area (Å²) >= 11 is 0. The van der Waals surface area contributed by atoms with Crippen LogP contribution in [0.3, 0.4) is 0 Å². The maximum absolute atomic E-state index is 12.9. The molecule has 1 N–H and O–H groups in total. The fourth-order valence-electron chi connectivity index (χ4n) is 3.11. The Kier molecular flexibility index (Phi) is 4.97. The Hall–Kier alpha value is -2.50. The molecule has 25 heavy (non-hydrogen) atoms. The number of halogens is 3. The van der Waals surface area contributed by atoms with E-state index < -0.39 is 24.3 Å². The van der Waals surface area contributed by atoms with Crippen molar-refractivity contribution >= 4 is 5.91 Å². The van der Waals surface area contributed by atoms with Crippen LogP contribution >= 0.6 is 0 Å². The van der Waals surface area contributed by atoms with Crippen LogP contribution in [-0.4, -0.2) is 12.5 Å². The van der Waals surface area contributed by atoms with Crippen molar-refractivity contribution in [1.82, 2.24) is 5.32 Å². The molecule has 0 radical (unpaired) electrons. The van der Waals surface area contributed by atoms with E-state index in [0.29, 0.717) is 0 Å². The SMILES string of the molecule is O=C(COc1ccccc1C(F)(F)F)NC1CCCc2ccccc21. The maximum atomic E-state index is 12.9. The van der Waals surface area contributed by atoms with Gasteiger partial charge in [-0.15, -0.1) is 0 Å². The van der Waals surface area contributed by atoms with Crippen LogP contribution in [0.1, 0.15) is 35.6 Å². The molecule has 3 nitrogen and oxygen atoms in total. The number of amides is 1. The topological polar surface area (TPSA) is 38.3 Å². The predicted molar refractivity (Wildman–Crippen MR) is 87.2 cm³/mol. The molecule has 1 aliphatic rings. The summed E-state index contributed by atoms with van der Waals surface area (Å²) in [6.45, 7) is -0.453. The highest BCUT2D eigenvalue weighted by atomic mass is 19.4. The van der Waals surface area contributed by atoms with E-state index in [1.54, 1.807) is 0 Å². The highest BCUT2D eigenvalue weighted by molar-refractivity contribution is 5.78. The molecule has 1 aliphatic carbocycles. The number of aryl methyl sites for hydroxylation is 1. The number of nitrogens with one attached hydrogen (secondary N) is 1. The normalized spacial score (nSPS) is 16.8. The van der Waals surface area contributed by atoms with E-state index in [2.05, 4.69) is 5.32 Å². The van der Waals surface area contributed by atoms with Crippen LogP contribution in [0.5, 0.6) is 5.75 Å². The summed E-state index contributed by atoms with van der Waals surface area (Å²) < 4.78 is 43.9. The number of benzene rings is 2. The number of carbonyl (C=O) groups excluding carboxylic acids is 1. The van der Waals surface area contributed by atoms with Gasteiger partial charge in [-0.3, -0.25) is 4.79 Å². The summed E-state index contributed by atoms with van der Waals surface area (Å²) in [6.07, 6.45) is -1.78. The Morgan fingerprint density at radius 1 is 1.12 bits per heavy atom. The number of rotatable bonds is 4. The second-order valence-corrected chi connectivity index (χ2v) is 5.99. The summed E-state index contributed by atoms with van der Waals surface area (Å²) in [7, 11) is 0. The van der Waals surface area contributed by atoms with Crippen molar-refractivity contribution in [1.29, 1.82) is 0 Å². The van der Waals surface area contributed by atoms with Gasteiger partial charge in [0.25, 0.3) is 5.91 Å². The number of hydrogen-bond acceptors (Lipinski definition) is 2. The Labute approximate surface area is 143 Å². The lowest BCUT2D eigenvalue weighted by Gasteiger charge is -2.26. The van der Waals surface area contributed by atoms with Gasteiger partial charge in [0.2, 0.25) is 0 Å². The molecular weight excluding hydrogens is 331 g/mol. The molecule has 0 saturated carbocycles. The largest absolute Gasteiger partial charge is 0.483 e. The molecule has 0 heterocycles. The maximum Gasteiger partial charge on any atom is 0.419 e. The zero-order valence-electron chi connectivity index (χ0n) is 13.5. The highest BCUT2D eigenvalue weighted by Gasteiger charge is 2.34. The second kappa shape index (κ2) is 7.17. The lowest BCUT2D eigenvalue weighted by atomic mass is 9.88. The van der Waals surface area contributed by atoms with Crippen LogP contribution in [-0.2, 0) is 17.4 Å². The summed E-state index contributed by atoms with van der Waals surface area (Å²) in [5.74, 6) is -0.770. The van der Waals surface area contributed by atoms with Gasteiger partial charge in [-0.1, -0.05) is 36.4 Å². The summed E-state index contributed by atoms with van der Waals surface area (Å²) in [4.78, 5) is 12.1. The number of fused-ring (bicyclic) bond motifs is 1. The van der Waals surface area contributed by atoms with E-state index in [1.807, 2.05) is 24.3 Å². The van der Waals surface area contributed by atoms with Gasteiger partial charge in [0.15, 0.2) is 6.61 Å². The minimum absolute atomic E-state index is 0.126. The number of alkyl halides is 3. The lowest BCUT2D eigenvalue weighted by Crippen LogP contribution is -2.34. The van der Waals surface area contributed by atoms with Crippen LogP contribution in [0.2, 0.25) is 0 Å². The van der Waals surface area contributed by atoms with Crippen LogP contribution in [0.15, 0.2) is 48.5 Å². The van der Waals surface area contributed by atoms with Crippen molar-refractivity contribution in [2.24, 2.45) is 0 Å². The smallest absolute Gasteiger partial charge is 0.419 e. The molecular formula is C19H18F3NO2. The second-order valence-electron chi connectivity index (χ2n) is 5.99. The van der Waals surface area contributed by atoms with Gasteiger partial charge < -0.3 is 10.1 Å². The quantitative estimate of drug-likeness (QED) is 0.895. The van der Waals surface area contributed by atoms with Crippen LogP contribution < -0.4 is 10.1 Å². The number of para-hydroxylation sites is 1. The molecule has 2 aromatic rings. The van der Waals surface area contributed by atoms with E-state index in [9.17, 15) is 18.0 Å². The molecule has 132 valence electrons. The van der Waals surface area contributed by atoms with E-state index in [0.717, 1.165) is 30.9 Å². The molecule has 0 aromatic heterocycles. The Morgan fingerprint density at radius 3 is 2.64 bits per heavy atom. The number of carbonyl (C=O) groups is 1. The average molecular weight is 349 g/mol. The molecule has 3 rings (SSSR count). The third-order valence-corrected chi connectivity index (χ3v) is 4.26. The monoisotopic (exact) mass is 349 g/mol. The number of ether oxygens (including phenoxy) is 1. The standard InChI is InChI=1S/C19H18F3NO2/c20-19(21,22)15-9-3-4-11-17(15)25-12-18(24)23-16-10-5-7-13-6-1-2-8-14(13)16/h1-4,6,8-9,11,16H,5,7,10,12H2,(H,23,24). The minimum atomic E-state index is -4.52. The third kappa shape index (κ3) is 4.13. The van der Waals surface area contributed by atoms with Gasteiger partial charge in [0.05, 0.1) is 11.6 Å². The summed E-state index contributed by atoms with van der Waals surface area (Å²) in [5.41, 5.74) is 1.38. The van der Waals surface area contributed by atoms with Crippen molar-refractivity contribution in [3.63, 3.8) is 0 Å². The minimum Gasteiger partial charge on any atom is -0.483 e. The van der Waals surface area contributed by atoms with Crippen molar-refractivity contribution in [3.8, 4) is 5.75 Å². The first-order valence-electron chi connectivity index (χ1n) is 8.11. The Balaban J connectivity index is 1.64. The number of hydrogen-bond donors (Lipinski definition) is 1. The van der Waals surface area contributed by atoms with E-state index in [4.69, 9.17) is 4.74 Å². The molecule has 0 spiro atoms. The highest BCUT2D eigenvalue weighted by Crippen LogP contribution is 2.36. The fraction of sp³-hybridized carbons (Fsp3) is 0.316. The Bertz CT molecular complexity index is 758. The summed E-state index contributed by atoms with van der Waals surface area (Å²) in [6, 6.07) is 12.6. The zero-order valence-corrected chi connectivity index (χ0v) is 13.5. The van der Waals surface area contributed by atoms with E-state index >= 15 is 0 Å². The van der Waals surface area contributed by atoms with Gasteiger partial charge >= 0.3 is 6.18 Å². The van der Waals surface area contributed by atoms with Crippen molar-refractivity contribution in [2.45, 2.75) is 31.5 Å². The van der Waals surface area contributed by atoms with Crippen LogP contribution in [0.4, 0.5) is 13.2 Å². The summed E-state index contributed by atoms with van der Waals surface area (Å²) in [5, 5.41) is 2.86. The van der Waals surface area contributed by atoms with Crippen molar-refractivity contribution < 1.29 is 22.7 Å². The van der Waals surface area contributed by atoms with Gasteiger partial charge in [-0.2, -0.15) is 13.2 Å². The van der Waals surface area contributed by atoms with Gasteiger partial charge in [-0.05, 0) is 42.5 Å². The lowest BCUT2D eigenvalue weighted by molar-refractivity contribution is -0.139. The third-order valence-electron chi connectivity index (χ3n) is 4.26. The van der Waals surface area contributed by atoms with Gasteiger partial charge in [0.1, 0.15) is 5.75 Å². The van der Waals surface area contributed by atoms with Gasteiger partial charge in [0, 0.05) is 0 Å².